The van der Waals surface area contributed by atoms with Crippen molar-refractivity contribution in [1.29, 1.82) is 0 Å². The molecule has 0 saturated carbocycles. The summed E-state index contributed by atoms with van der Waals surface area (Å²) in [4.78, 5) is 14.6. The van der Waals surface area contributed by atoms with Crippen LogP contribution in [0.3, 0.4) is 0 Å². The van der Waals surface area contributed by atoms with Crippen LogP contribution < -0.4 is 4.74 Å². The van der Waals surface area contributed by atoms with Gasteiger partial charge in [0.25, 0.3) is 0 Å². The van der Waals surface area contributed by atoms with Crippen molar-refractivity contribution >= 4 is 10.8 Å². The molecule has 0 spiro atoms. The maximum absolute atomic E-state index is 6.74. The Hall–Kier alpha value is -6.39. The number of aromatic nitrogens is 3. The van der Waals surface area contributed by atoms with Crippen LogP contribution >= 0.6 is 0 Å². The first-order chi connectivity index (χ1) is 23.3. The Morgan fingerprint density at radius 1 is 0.319 bits per heavy atom. The fourth-order valence-corrected chi connectivity index (χ4v) is 6.49. The van der Waals surface area contributed by atoms with Gasteiger partial charge in [-0.1, -0.05) is 158 Å². The summed E-state index contributed by atoms with van der Waals surface area (Å²) in [6, 6.07) is 56.2. The van der Waals surface area contributed by atoms with Crippen LogP contribution in [-0.4, -0.2) is 15.0 Å². The Morgan fingerprint density at radius 3 is 1.40 bits per heavy atom. The van der Waals surface area contributed by atoms with Crippen molar-refractivity contribution in [2.75, 3.05) is 0 Å². The molecule has 0 unspecified atom stereocenters. The lowest BCUT2D eigenvalue weighted by molar-refractivity contribution is 0.489. The maximum Gasteiger partial charge on any atom is 0.164 e. The molecular weight excluding hydrogens is 574 g/mol. The van der Waals surface area contributed by atoms with E-state index in [1.54, 1.807) is 0 Å². The third kappa shape index (κ3) is 4.75. The molecule has 0 bridgehead atoms. The topological polar surface area (TPSA) is 47.9 Å². The molecule has 0 atom stereocenters. The normalized spacial score (nSPS) is 11.6. The van der Waals surface area contributed by atoms with Gasteiger partial charge in [0, 0.05) is 33.2 Å². The fourth-order valence-electron chi connectivity index (χ4n) is 6.49. The number of ether oxygens (including phenoxy) is 1. The summed E-state index contributed by atoms with van der Waals surface area (Å²) < 4.78 is 6.74. The van der Waals surface area contributed by atoms with Crippen molar-refractivity contribution < 1.29 is 4.74 Å². The first kappa shape index (κ1) is 27.0. The molecular formula is C43H27N3O. The minimum Gasteiger partial charge on any atom is -0.455 e. The minimum absolute atomic E-state index is 0.630. The Bertz CT molecular complexity index is 2350. The largest absolute Gasteiger partial charge is 0.455 e. The van der Waals surface area contributed by atoms with Gasteiger partial charge in [0.15, 0.2) is 17.5 Å². The molecule has 0 saturated heterocycles. The summed E-state index contributed by atoms with van der Waals surface area (Å²) in [7, 11) is 0. The lowest BCUT2D eigenvalue weighted by Gasteiger charge is -2.24. The SMILES string of the molecule is c1ccc(-c2nc(-c3ccccc3)nc(-c3ccc(-c4cccc5c4Oc4ccc(-c6ccccc6)c6cccc-5c46)cc3)n2)cc1. The summed E-state index contributed by atoms with van der Waals surface area (Å²) in [6.45, 7) is 0. The van der Waals surface area contributed by atoms with E-state index in [1.807, 2.05) is 60.7 Å². The van der Waals surface area contributed by atoms with E-state index in [1.165, 1.54) is 22.1 Å². The summed E-state index contributed by atoms with van der Waals surface area (Å²) in [5, 5.41) is 2.33. The first-order valence-electron chi connectivity index (χ1n) is 15.7. The fraction of sp³-hybridized carbons (Fsp3) is 0. The molecule has 7 aromatic carbocycles. The summed E-state index contributed by atoms with van der Waals surface area (Å²) in [5.74, 6) is 3.66. The molecule has 1 aliphatic rings. The van der Waals surface area contributed by atoms with Gasteiger partial charge in [-0.25, -0.2) is 15.0 Å². The average molecular weight is 602 g/mol. The Morgan fingerprint density at radius 2 is 0.787 bits per heavy atom. The second-order valence-electron chi connectivity index (χ2n) is 11.6. The lowest BCUT2D eigenvalue weighted by atomic mass is 9.88. The Balaban J connectivity index is 1.12. The monoisotopic (exact) mass is 601 g/mol. The van der Waals surface area contributed by atoms with Gasteiger partial charge in [-0.3, -0.25) is 0 Å². The second kappa shape index (κ2) is 11.2. The number of rotatable bonds is 5. The second-order valence-corrected chi connectivity index (χ2v) is 11.6. The molecule has 0 aliphatic carbocycles. The van der Waals surface area contributed by atoms with E-state index in [0.717, 1.165) is 50.3 Å². The molecule has 1 aliphatic heterocycles. The van der Waals surface area contributed by atoms with Gasteiger partial charge in [0.1, 0.15) is 11.5 Å². The predicted molar refractivity (Wildman–Crippen MR) is 190 cm³/mol. The highest BCUT2D eigenvalue weighted by molar-refractivity contribution is 6.10. The standard InChI is InChI=1S/C43H27N3O/c1-4-12-28(13-5-1)33-26-27-38-39-35(33)19-11-20-36(39)37-21-10-18-34(40(37)47-38)29-22-24-32(25-23-29)43-45-41(30-14-6-2-7-15-30)44-42(46-43)31-16-8-3-9-17-31/h1-27H. The molecule has 4 heteroatoms. The van der Waals surface area contributed by atoms with Crippen LogP contribution in [0.1, 0.15) is 0 Å². The molecule has 9 rings (SSSR count). The Labute approximate surface area is 272 Å². The van der Waals surface area contributed by atoms with E-state index in [9.17, 15) is 0 Å². The van der Waals surface area contributed by atoms with Crippen molar-refractivity contribution in [3.8, 4) is 79.0 Å². The van der Waals surface area contributed by atoms with E-state index in [-0.39, 0.29) is 0 Å². The maximum atomic E-state index is 6.74. The summed E-state index contributed by atoms with van der Waals surface area (Å²) in [5.41, 5.74) is 9.58. The van der Waals surface area contributed by atoms with Crippen LogP contribution in [0.15, 0.2) is 164 Å². The summed E-state index contributed by atoms with van der Waals surface area (Å²) >= 11 is 0. The van der Waals surface area contributed by atoms with Crippen LogP contribution in [0.4, 0.5) is 0 Å². The third-order valence-corrected chi connectivity index (χ3v) is 8.76. The van der Waals surface area contributed by atoms with E-state index in [2.05, 4.69) is 103 Å². The minimum atomic E-state index is 0.630. The quantitative estimate of drug-likeness (QED) is 0.197. The van der Waals surface area contributed by atoms with E-state index in [4.69, 9.17) is 19.7 Å². The first-order valence-corrected chi connectivity index (χ1v) is 15.7. The zero-order valence-corrected chi connectivity index (χ0v) is 25.3. The zero-order valence-electron chi connectivity index (χ0n) is 25.3. The van der Waals surface area contributed by atoms with Crippen molar-refractivity contribution in [3.05, 3.63) is 164 Å². The Kier molecular flexibility index (Phi) is 6.43. The lowest BCUT2D eigenvalue weighted by Crippen LogP contribution is -2.00. The van der Waals surface area contributed by atoms with Gasteiger partial charge >= 0.3 is 0 Å². The van der Waals surface area contributed by atoms with Crippen LogP contribution in [0, 0.1) is 0 Å². The van der Waals surface area contributed by atoms with Gasteiger partial charge in [-0.05, 0) is 33.7 Å². The molecule has 47 heavy (non-hydrogen) atoms. The molecule has 0 amide bonds. The van der Waals surface area contributed by atoms with Crippen LogP contribution in [0.5, 0.6) is 11.5 Å². The van der Waals surface area contributed by atoms with E-state index in [0.29, 0.717) is 17.5 Å². The predicted octanol–water partition coefficient (Wildman–Crippen LogP) is 11.1. The molecule has 0 fully saturated rings. The van der Waals surface area contributed by atoms with Gasteiger partial charge in [0.2, 0.25) is 0 Å². The number of hydrogen-bond acceptors (Lipinski definition) is 4. The zero-order chi connectivity index (χ0) is 31.2. The van der Waals surface area contributed by atoms with E-state index < -0.39 is 0 Å². The van der Waals surface area contributed by atoms with Gasteiger partial charge in [-0.15, -0.1) is 0 Å². The van der Waals surface area contributed by atoms with Crippen molar-refractivity contribution in [2.45, 2.75) is 0 Å². The molecule has 8 aromatic rings. The number of fused-ring (bicyclic) bond motifs is 2. The van der Waals surface area contributed by atoms with Crippen molar-refractivity contribution in [3.63, 3.8) is 0 Å². The number of benzene rings is 7. The summed E-state index contributed by atoms with van der Waals surface area (Å²) in [6.07, 6.45) is 0. The smallest absolute Gasteiger partial charge is 0.164 e. The molecule has 0 N–H and O–H groups in total. The molecule has 4 nitrogen and oxygen atoms in total. The van der Waals surface area contributed by atoms with Gasteiger partial charge in [0.05, 0.1) is 0 Å². The van der Waals surface area contributed by atoms with Gasteiger partial charge in [-0.2, -0.15) is 0 Å². The van der Waals surface area contributed by atoms with Crippen LogP contribution in [-0.2, 0) is 0 Å². The highest BCUT2D eigenvalue weighted by atomic mass is 16.5. The number of hydrogen-bond donors (Lipinski definition) is 0. The molecule has 220 valence electrons. The highest BCUT2D eigenvalue weighted by Gasteiger charge is 2.24. The van der Waals surface area contributed by atoms with Crippen molar-refractivity contribution in [1.82, 2.24) is 15.0 Å². The highest BCUT2D eigenvalue weighted by Crippen LogP contribution is 2.51. The van der Waals surface area contributed by atoms with E-state index >= 15 is 0 Å². The molecule has 2 heterocycles. The molecule has 1 aromatic heterocycles. The van der Waals surface area contributed by atoms with Gasteiger partial charge < -0.3 is 4.74 Å². The van der Waals surface area contributed by atoms with Crippen molar-refractivity contribution in [2.24, 2.45) is 0 Å². The number of nitrogens with zero attached hydrogens (tertiary/aromatic N) is 3. The average Bonchev–Trinajstić information content (AvgIpc) is 3.16. The number of para-hydroxylation sites is 1. The third-order valence-electron chi connectivity index (χ3n) is 8.76. The van der Waals surface area contributed by atoms with Crippen LogP contribution in [0.2, 0.25) is 0 Å². The molecule has 0 radical (unpaired) electrons. The van der Waals surface area contributed by atoms with Crippen LogP contribution in [0.25, 0.3) is 78.3 Å².